The molecule has 2 N–H and O–H groups in total. The standard InChI is InChI=1S/C22H16N4O/c1-13-4-6-19(25-13)21-16(12-17-20(27)8-10-24-22(17)26-21)14-5-7-18-15(11-14)3-2-9-23-18/h2-12,25H,1H3,(H,24,26,27). The number of pyridine rings is 3. The molecule has 0 radical (unpaired) electrons. The Hall–Kier alpha value is -3.73. The summed E-state index contributed by atoms with van der Waals surface area (Å²) in [6.45, 7) is 2.01. The van der Waals surface area contributed by atoms with Crippen LogP contribution in [0.3, 0.4) is 0 Å². The number of nitrogens with zero attached hydrogens (tertiary/aromatic N) is 2. The smallest absolute Gasteiger partial charge is 0.191 e. The number of H-pyrrole nitrogens is 2. The summed E-state index contributed by atoms with van der Waals surface area (Å²) in [7, 11) is 0. The summed E-state index contributed by atoms with van der Waals surface area (Å²) >= 11 is 0. The maximum Gasteiger partial charge on any atom is 0.191 e. The summed E-state index contributed by atoms with van der Waals surface area (Å²) in [4.78, 5) is 27.9. The van der Waals surface area contributed by atoms with Crippen molar-refractivity contribution in [3.8, 4) is 22.5 Å². The molecule has 1 aromatic carbocycles. The second kappa shape index (κ2) is 5.92. The first-order valence-corrected chi connectivity index (χ1v) is 8.73. The Morgan fingerprint density at radius 3 is 2.78 bits per heavy atom. The predicted molar refractivity (Wildman–Crippen MR) is 108 cm³/mol. The van der Waals surface area contributed by atoms with Crippen LogP contribution in [0, 0.1) is 6.92 Å². The average Bonchev–Trinajstić information content (AvgIpc) is 3.13. The van der Waals surface area contributed by atoms with Crippen LogP contribution < -0.4 is 5.43 Å². The van der Waals surface area contributed by atoms with Crippen LogP contribution in [-0.4, -0.2) is 19.9 Å². The van der Waals surface area contributed by atoms with Gasteiger partial charge in [0.15, 0.2) is 5.43 Å². The molecule has 0 aliphatic rings. The molecular weight excluding hydrogens is 336 g/mol. The molecule has 0 fully saturated rings. The quantitative estimate of drug-likeness (QED) is 0.493. The highest BCUT2D eigenvalue weighted by Crippen LogP contribution is 2.33. The summed E-state index contributed by atoms with van der Waals surface area (Å²) < 4.78 is 0. The molecule has 4 aromatic heterocycles. The SMILES string of the molecule is Cc1ccc(-c2nc3[nH]ccc(=O)c3cc2-c2ccc3ncccc3c2)[nH]1. The highest BCUT2D eigenvalue weighted by atomic mass is 16.1. The number of benzene rings is 1. The number of hydrogen-bond acceptors (Lipinski definition) is 3. The number of rotatable bonds is 2. The average molecular weight is 352 g/mol. The van der Waals surface area contributed by atoms with Crippen LogP contribution in [0.4, 0.5) is 0 Å². The van der Waals surface area contributed by atoms with Gasteiger partial charge in [0, 0.05) is 35.1 Å². The molecule has 130 valence electrons. The highest BCUT2D eigenvalue weighted by Gasteiger charge is 2.14. The zero-order valence-electron chi connectivity index (χ0n) is 14.7. The molecule has 27 heavy (non-hydrogen) atoms. The van der Waals surface area contributed by atoms with Gasteiger partial charge in [0.25, 0.3) is 0 Å². The van der Waals surface area contributed by atoms with Gasteiger partial charge in [-0.1, -0.05) is 12.1 Å². The molecule has 0 aliphatic heterocycles. The van der Waals surface area contributed by atoms with E-state index >= 15 is 0 Å². The van der Waals surface area contributed by atoms with Gasteiger partial charge in [0.1, 0.15) is 5.65 Å². The van der Waals surface area contributed by atoms with E-state index in [0.717, 1.165) is 39.1 Å². The second-order valence-corrected chi connectivity index (χ2v) is 6.59. The zero-order valence-corrected chi connectivity index (χ0v) is 14.7. The van der Waals surface area contributed by atoms with Gasteiger partial charge in [-0.2, -0.15) is 0 Å². The first kappa shape index (κ1) is 15.5. The molecule has 0 atom stereocenters. The van der Waals surface area contributed by atoms with Crippen LogP contribution in [0.2, 0.25) is 0 Å². The van der Waals surface area contributed by atoms with E-state index in [1.54, 1.807) is 12.4 Å². The molecule has 0 spiro atoms. The summed E-state index contributed by atoms with van der Waals surface area (Å²) in [5.41, 5.74) is 6.15. The van der Waals surface area contributed by atoms with Crippen LogP contribution in [0.1, 0.15) is 5.69 Å². The van der Waals surface area contributed by atoms with Gasteiger partial charge in [0.05, 0.1) is 22.3 Å². The minimum absolute atomic E-state index is 0.0471. The number of nitrogens with one attached hydrogen (secondary N) is 2. The van der Waals surface area contributed by atoms with Crippen molar-refractivity contribution >= 4 is 21.9 Å². The van der Waals surface area contributed by atoms with E-state index in [0.29, 0.717) is 11.0 Å². The molecule has 5 rings (SSSR count). The zero-order chi connectivity index (χ0) is 18.4. The Labute approximate surface area is 154 Å². The first-order chi connectivity index (χ1) is 13.2. The van der Waals surface area contributed by atoms with E-state index in [9.17, 15) is 4.79 Å². The van der Waals surface area contributed by atoms with Crippen LogP contribution in [0.5, 0.6) is 0 Å². The maximum atomic E-state index is 12.3. The molecule has 5 heteroatoms. The fourth-order valence-electron chi connectivity index (χ4n) is 3.41. The van der Waals surface area contributed by atoms with E-state index in [1.807, 2.05) is 49.4 Å². The lowest BCUT2D eigenvalue weighted by Gasteiger charge is -2.11. The molecular formula is C22H16N4O. The second-order valence-electron chi connectivity index (χ2n) is 6.59. The Kier molecular flexibility index (Phi) is 3.40. The predicted octanol–water partition coefficient (Wildman–Crippen LogP) is 4.44. The van der Waals surface area contributed by atoms with Gasteiger partial charge >= 0.3 is 0 Å². The maximum absolute atomic E-state index is 12.3. The third-order valence-corrected chi connectivity index (χ3v) is 4.74. The number of fused-ring (bicyclic) bond motifs is 2. The van der Waals surface area contributed by atoms with E-state index < -0.39 is 0 Å². The molecule has 4 heterocycles. The normalized spacial score (nSPS) is 11.3. The molecule has 0 saturated carbocycles. The number of hydrogen-bond donors (Lipinski definition) is 2. The van der Waals surface area contributed by atoms with E-state index in [1.165, 1.54) is 6.07 Å². The summed E-state index contributed by atoms with van der Waals surface area (Å²) in [5.74, 6) is 0. The van der Waals surface area contributed by atoms with Crippen molar-refractivity contribution in [3.05, 3.63) is 82.9 Å². The van der Waals surface area contributed by atoms with Crippen molar-refractivity contribution in [2.24, 2.45) is 0 Å². The lowest BCUT2D eigenvalue weighted by atomic mass is 9.99. The lowest BCUT2D eigenvalue weighted by molar-refractivity contribution is 1.22. The molecule has 0 saturated heterocycles. The minimum atomic E-state index is -0.0471. The molecule has 0 bridgehead atoms. The van der Waals surface area contributed by atoms with Crippen LogP contribution in [-0.2, 0) is 0 Å². The van der Waals surface area contributed by atoms with Crippen molar-refractivity contribution in [2.75, 3.05) is 0 Å². The third-order valence-electron chi connectivity index (χ3n) is 4.74. The van der Waals surface area contributed by atoms with E-state index in [2.05, 4.69) is 21.0 Å². The summed E-state index contributed by atoms with van der Waals surface area (Å²) in [6.07, 6.45) is 3.41. The minimum Gasteiger partial charge on any atom is -0.357 e. The molecule has 0 amide bonds. The van der Waals surface area contributed by atoms with Crippen molar-refractivity contribution in [2.45, 2.75) is 6.92 Å². The van der Waals surface area contributed by atoms with Gasteiger partial charge in [-0.15, -0.1) is 0 Å². The molecule has 5 aromatic rings. The van der Waals surface area contributed by atoms with Crippen LogP contribution >= 0.6 is 0 Å². The number of aromatic nitrogens is 4. The Morgan fingerprint density at radius 2 is 1.93 bits per heavy atom. The van der Waals surface area contributed by atoms with Gasteiger partial charge in [-0.25, -0.2) is 4.98 Å². The number of aromatic amines is 2. The lowest BCUT2D eigenvalue weighted by Crippen LogP contribution is -2.03. The molecule has 0 aliphatic carbocycles. The Bertz CT molecular complexity index is 1360. The van der Waals surface area contributed by atoms with Crippen molar-refractivity contribution < 1.29 is 0 Å². The third kappa shape index (κ3) is 2.60. The monoisotopic (exact) mass is 352 g/mol. The van der Waals surface area contributed by atoms with Gasteiger partial charge in [-0.3, -0.25) is 9.78 Å². The van der Waals surface area contributed by atoms with Gasteiger partial charge < -0.3 is 9.97 Å². The van der Waals surface area contributed by atoms with Crippen LogP contribution in [0.15, 0.2) is 71.8 Å². The van der Waals surface area contributed by atoms with Gasteiger partial charge in [-0.05, 0) is 48.9 Å². The highest BCUT2D eigenvalue weighted by molar-refractivity contribution is 5.92. The molecule has 0 unspecified atom stereocenters. The first-order valence-electron chi connectivity index (χ1n) is 8.73. The van der Waals surface area contributed by atoms with Crippen LogP contribution in [0.25, 0.3) is 44.5 Å². The topological polar surface area (TPSA) is 74.4 Å². The fourth-order valence-corrected chi connectivity index (χ4v) is 3.41. The summed E-state index contributed by atoms with van der Waals surface area (Å²) in [5, 5.41) is 1.62. The Balaban J connectivity index is 1.85. The molecule has 5 nitrogen and oxygen atoms in total. The van der Waals surface area contributed by atoms with E-state index in [-0.39, 0.29) is 5.43 Å². The summed E-state index contributed by atoms with van der Waals surface area (Å²) in [6, 6.07) is 17.5. The largest absolute Gasteiger partial charge is 0.357 e. The van der Waals surface area contributed by atoms with Crippen molar-refractivity contribution in [1.29, 1.82) is 0 Å². The Morgan fingerprint density at radius 1 is 1.00 bits per heavy atom. The fraction of sp³-hybridized carbons (Fsp3) is 0.0455. The van der Waals surface area contributed by atoms with Crippen molar-refractivity contribution in [1.82, 2.24) is 19.9 Å². The van der Waals surface area contributed by atoms with E-state index in [4.69, 9.17) is 4.98 Å². The number of aryl methyl sites for hydroxylation is 1. The van der Waals surface area contributed by atoms with Crippen molar-refractivity contribution in [3.63, 3.8) is 0 Å². The van der Waals surface area contributed by atoms with Gasteiger partial charge in [0.2, 0.25) is 0 Å².